The number of nitrogens with one attached hydrogen (secondary N) is 1. The molecule has 0 spiro atoms. The minimum Gasteiger partial charge on any atom is -0.396 e. The van der Waals surface area contributed by atoms with Gasteiger partial charge >= 0.3 is 0 Å². The van der Waals surface area contributed by atoms with Crippen molar-refractivity contribution < 1.29 is 9.90 Å². The fourth-order valence-corrected chi connectivity index (χ4v) is 2.24. The van der Waals surface area contributed by atoms with Crippen molar-refractivity contribution in [3.63, 3.8) is 0 Å². The zero-order valence-corrected chi connectivity index (χ0v) is 10.8. The van der Waals surface area contributed by atoms with Gasteiger partial charge in [-0.3, -0.25) is 4.79 Å². The van der Waals surface area contributed by atoms with Crippen LogP contribution in [0.25, 0.3) is 0 Å². The van der Waals surface area contributed by atoms with Crippen molar-refractivity contribution >= 4 is 5.91 Å². The van der Waals surface area contributed by atoms with Crippen LogP contribution in [0.4, 0.5) is 0 Å². The van der Waals surface area contributed by atoms with E-state index in [9.17, 15) is 4.79 Å². The fourth-order valence-electron chi connectivity index (χ4n) is 2.24. The van der Waals surface area contributed by atoms with E-state index in [0.717, 1.165) is 24.8 Å². The van der Waals surface area contributed by atoms with Crippen molar-refractivity contribution in [2.24, 2.45) is 5.41 Å². The monoisotopic (exact) mass is 258 g/mol. The minimum atomic E-state index is -0.758. The van der Waals surface area contributed by atoms with Crippen molar-refractivity contribution in [1.82, 2.24) is 5.32 Å². The molecule has 0 heterocycles. The van der Waals surface area contributed by atoms with E-state index in [2.05, 4.69) is 5.32 Å². The summed E-state index contributed by atoms with van der Waals surface area (Å²) >= 11 is 0. The second kappa shape index (κ2) is 5.85. The van der Waals surface area contributed by atoms with E-state index in [1.54, 1.807) is 12.1 Å². The summed E-state index contributed by atoms with van der Waals surface area (Å²) in [4.78, 5) is 12.1. The predicted molar refractivity (Wildman–Crippen MR) is 71.2 cm³/mol. The Bertz CT molecular complexity index is 475. The number of aliphatic hydroxyl groups excluding tert-OH is 1. The highest BCUT2D eigenvalue weighted by Gasteiger charge is 2.42. The maximum atomic E-state index is 12.1. The molecule has 0 saturated heterocycles. The SMILES string of the molecule is N#CC(C(=O)NCC1(CCO)CC1)c1ccccc1. The topological polar surface area (TPSA) is 73.1 Å². The zero-order valence-electron chi connectivity index (χ0n) is 10.8. The summed E-state index contributed by atoms with van der Waals surface area (Å²) in [5.74, 6) is -1.01. The highest BCUT2D eigenvalue weighted by molar-refractivity contribution is 5.86. The molecule has 4 nitrogen and oxygen atoms in total. The van der Waals surface area contributed by atoms with Gasteiger partial charge in [0.2, 0.25) is 5.91 Å². The van der Waals surface area contributed by atoms with Gasteiger partial charge in [-0.05, 0) is 30.2 Å². The molecule has 1 aliphatic rings. The Labute approximate surface area is 113 Å². The van der Waals surface area contributed by atoms with Crippen LogP contribution >= 0.6 is 0 Å². The Morgan fingerprint density at radius 3 is 2.63 bits per heavy atom. The van der Waals surface area contributed by atoms with Crippen LogP contribution < -0.4 is 5.32 Å². The molecule has 4 heteroatoms. The number of aliphatic hydroxyl groups is 1. The van der Waals surface area contributed by atoms with Crippen LogP contribution in [0.15, 0.2) is 30.3 Å². The molecule has 1 amide bonds. The Hall–Kier alpha value is -1.86. The molecule has 1 atom stereocenters. The number of hydrogen-bond acceptors (Lipinski definition) is 3. The van der Waals surface area contributed by atoms with E-state index >= 15 is 0 Å². The Kier molecular flexibility index (Phi) is 4.18. The van der Waals surface area contributed by atoms with Crippen LogP contribution in [-0.2, 0) is 4.79 Å². The summed E-state index contributed by atoms with van der Waals surface area (Å²) in [7, 11) is 0. The molecule has 1 aromatic carbocycles. The van der Waals surface area contributed by atoms with Gasteiger partial charge in [0.25, 0.3) is 0 Å². The van der Waals surface area contributed by atoms with Crippen LogP contribution in [0.2, 0.25) is 0 Å². The molecule has 2 N–H and O–H groups in total. The highest BCUT2D eigenvalue weighted by atomic mass is 16.3. The standard InChI is InChI=1S/C15H18N2O2/c16-10-13(12-4-2-1-3-5-12)14(19)17-11-15(6-7-15)8-9-18/h1-5,13,18H,6-9,11H2,(H,17,19). The molecule has 1 aromatic rings. The molecule has 1 unspecified atom stereocenters. The van der Waals surface area contributed by atoms with Gasteiger partial charge in [-0.1, -0.05) is 30.3 Å². The Morgan fingerprint density at radius 2 is 2.11 bits per heavy atom. The molecule has 1 fully saturated rings. The number of nitriles is 1. The van der Waals surface area contributed by atoms with Crippen LogP contribution in [0.3, 0.4) is 0 Å². The van der Waals surface area contributed by atoms with Crippen molar-refractivity contribution in [3.05, 3.63) is 35.9 Å². The molecule has 0 aliphatic heterocycles. The normalized spacial score (nSPS) is 17.3. The highest BCUT2D eigenvalue weighted by Crippen LogP contribution is 2.47. The van der Waals surface area contributed by atoms with E-state index in [4.69, 9.17) is 10.4 Å². The van der Waals surface area contributed by atoms with E-state index in [1.165, 1.54) is 0 Å². The van der Waals surface area contributed by atoms with Gasteiger partial charge in [0.1, 0.15) is 5.92 Å². The van der Waals surface area contributed by atoms with Gasteiger partial charge in [-0.15, -0.1) is 0 Å². The second-order valence-corrected chi connectivity index (χ2v) is 5.16. The average molecular weight is 258 g/mol. The lowest BCUT2D eigenvalue weighted by Gasteiger charge is -2.16. The lowest BCUT2D eigenvalue weighted by Crippen LogP contribution is -2.34. The second-order valence-electron chi connectivity index (χ2n) is 5.16. The molecule has 1 saturated carbocycles. The molecule has 2 rings (SSSR count). The maximum absolute atomic E-state index is 12.1. The largest absolute Gasteiger partial charge is 0.396 e. The van der Waals surface area contributed by atoms with Crippen molar-refractivity contribution in [2.75, 3.05) is 13.2 Å². The summed E-state index contributed by atoms with van der Waals surface area (Å²) in [6.07, 6.45) is 2.79. The Morgan fingerprint density at radius 1 is 1.42 bits per heavy atom. The van der Waals surface area contributed by atoms with Gasteiger partial charge < -0.3 is 10.4 Å². The predicted octanol–water partition coefficient (Wildman–Crippen LogP) is 1.57. The average Bonchev–Trinajstić information content (AvgIpc) is 3.19. The lowest BCUT2D eigenvalue weighted by molar-refractivity contribution is -0.121. The maximum Gasteiger partial charge on any atom is 0.241 e. The summed E-state index contributed by atoms with van der Waals surface area (Å²) in [6.45, 7) is 0.702. The first-order valence-corrected chi connectivity index (χ1v) is 6.54. The van der Waals surface area contributed by atoms with Crippen LogP contribution in [-0.4, -0.2) is 24.2 Å². The molecule has 100 valence electrons. The van der Waals surface area contributed by atoms with E-state index < -0.39 is 5.92 Å². The Balaban J connectivity index is 1.94. The molecule has 1 aliphatic carbocycles. The summed E-state index contributed by atoms with van der Waals surface area (Å²) in [5.41, 5.74) is 0.788. The number of carbonyl (C=O) groups excluding carboxylic acids is 1. The van der Waals surface area contributed by atoms with Gasteiger partial charge in [-0.2, -0.15) is 5.26 Å². The van der Waals surface area contributed by atoms with E-state index in [-0.39, 0.29) is 17.9 Å². The zero-order chi connectivity index (χ0) is 13.7. The fraction of sp³-hybridized carbons (Fsp3) is 0.467. The number of benzene rings is 1. The number of carbonyl (C=O) groups is 1. The molecule has 19 heavy (non-hydrogen) atoms. The molecule has 0 radical (unpaired) electrons. The summed E-state index contributed by atoms with van der Waals surface area (Å²) in [5, 5.41) is 21.0. The van der Waals surface area contributed by atoms with Gasteiger partial charge in [0, 0.05) is 13.2 Å². The van der Waals surface area contributed by atoms with E-state index in [0.29, 0.717) is 6.54 Å². The third-order valence-corrected chi connectivity index (χ3v) is 3.76. The minimum absolute atomic E-state index is 0.0705. The first-order valence-electron chi connectivity index (χ1n) is 6.54. The van der Waals surface area contributed by atoms with Crippen molar-refractivity contribution in [3.8, 4) is 6.07 Å². The van der Waals surface area contributed by atoms with Crippen LogP contribution in [0.1, 0.15) is 30.7 Å². The number of amides is 1. The van der Waals surface area contributed by atoms with Gasteiger partial charge in [0.15, 0.2) is 0 Å². The van der Waals surface area contributed by atoms with Crippen LogP contribution in [0.5, 0.6) is 0 Å². The van der Waals surface area contributed by atoms with E-state index in [1.807, 2.05) is 24.3 Å². The number of rotatable bonds is 6. The number of hydrogen-bond donors (Lipinski definition) is 2. The summed E-state index contributed by atoms with van der Waals surface area (Å²) in [6, 6.07) is 11.1. The molecular formula is C15H18N2O2. The number of nitrogens with zero attached hydrogens (tertiary/aromatic N) is 1. The van der Waals surface area contributed by atoms with Crippen molar-refractivity contribution in [2.45, 2.75) is 25.2 Å². The van der Waals surface area contributed by atoms with Crippen molar-refractivity contribution in [1.29, 1.82) is 5.26 Å². The lowest BCUT2D eigenvalue weighted by atomic mass is 9.98. The summed E-state index contributed by atoms with van der Waals surface area (Å²) < 4.78 is 0. The third-order valence-electron chi connectivity index (χ3n) is 3.76. The first kappa shape index (κ1) is 13.6. The van der Waals surface area contributed by atoms with Crippen LogP contribution in [0, 0.1) is 16.7 Å². The van der Waals surface area contributed by atoms with Gasteiger partial charge in [-0.25, -0.2) is 0 Å². The molecular weight excluding hydrogens is 240 g/mol. The smallest absolute Gasteiger partial charge is 0.241 e. The third kappa shape index (κ3) is 3.33. The van der Waals surface area contributed by atoms with Gasteiger partial charge in [0.05, 0.1) is 6.07 Å². The quantitative estimate of drug-likeness (QED) is 0.813. The molecule has 0 bridgehead atoms. The first-order chi connectivity index (χ1) is 9.21. The molecule has 0 aromatic heterocycles.